The highest BCUT2D eigenvalue weighted by atomic mass is 15.2. The lowest BCUT2D eigenvalue weighted by atomic mass is 9.55. The molecule has 3 atom stereocenters. The highest BCUT2D eigenvalue weighted by Crippen LogP contribution is 2.54. The molecule has 2 N–H and O–H groups in total. The second-order valence-electron chi connectivity index (χ2n) is 7.82. The van der Waals surface area contributed by atoms with Gasteiger partial charge >= 0.3 is 0 Å². The normalized spacial score (nSPS) is 30.8. The van der Waals surface area contributed by atoms with Crippen LogP contribution in [0.2, 0.25) is 0 Å². The van der Waals surface area contributed by atoms with Crippen molar-refractivity contribution in [3.05, 3.63) is 35.1 Å². The average molecular weight is 347 g/mol. The Hall–Kier alpha value is -2.55. The van der Waals surface area contributed by atoms with Gasteiger partial charge in [0.2, 0.25) is 0 Å². The molecular formula is C21H25N5. The van der Waals surface area contributed by atoms with E-state index >= 15 is 0 Å². The molecule has 0 aromatic rings. The molecule has 134 valence electrons. The molecule has 0 aromatic carbocycles. The first-order chi connectivity index (χ1) is 12.5. The quantitative estimate of drug-likeness (QED) is 0.774. The fraction of sp³-hybridized carbons (Fsp3) is 0.571. The van der Waals surface area contributed by atoms with Crippen LogP contribution in [0.3, 0.4) is 0 Å². The van der Waals surface area contributed by atoms with Crippen molar-refractivity contribution < 1.29 is 0 Å². The number of fused-ring (bicyclic) bond motifs is 1. The maximum absolute atomic E-state index is 10.0. The summed E-state index contributed by atoms with van der Waals surface area (Å²) in [7, 11) is 0. The summed E-state index contributed by atoms with van der Waals surface area (Å²) in [5.41, 5.74) is 6.36. The molecular weight excluding hydrogens is 322 g/mol. The van der Waals surface area contributed by atoms with Crippen molar-refractivity contribution in [2.24, 2.45) is 28.9 Å². The van der Waals surface area contributed by atoms with E-state index in [-0.39, 0.29) is 23.5 Å². The number of hydrogen-bond donors (Lipinski definition) is 1. The van der Waals surface area contributed by atoms with E-state index in [9.17, 15) is 15.8 Å². The predicted molar refractivity (Wildman–Crippen MR) is 98.7 cm³/mol. The first-order valence-corrected chi connectivity index (χ1v) is 9.32. The topological polar surface area (TPSA) is 101 Å². The lowest BCUT2D eigenvalue weighted by Crippen LogP contribution is -2.52. The predicted octanol–water partition coefficient (Wildman–Crippen LogP) is 3.01. The molecule has 0 saturated carbocycles. The van der Waals surface area contributed by atoms with Gasteiger partial charge < -0.3 is 5.73 Å². The van der Waals surface area contributed by atoms with Crippen LogP contribution in [-0.2, 0) is 0 Å². The van der Waals surface area contributed by atoms with Gasteiger partial charge in [0.05, 0.1) is 23.4 Å². The van der Waals surface area contributed by atoms with Crippen molar-refractivity contribution in [3.63, 3.8) is 0 Å². The van der Waals surface area contributed by atoms with Crippen LogP contribution in [0.15, 0.2) is 35.1 Å². The molecule has 0 bridgehead atoms. The Morgan fingerprint density at radius 3 is 2.50 bits per heavy atom. The van der Waals surface area contributed by atoms with Crippen LogP contribution in [0.25, 0.3) is 0 Å². The molecule has 0 aromatic heterocycles. The largest absolute Gasteiger partial charge is 0.399 e. The fourth-order valence-electron chi connectivity index (χ4n) is 4.89. The van der Waals surface area contributed by atoms with Crippen molar-refractivity contribution in [2.45, 2.75) is 39.2 Å². The van der Waals surface area contributed by atoms with Gasteiger partial charge in [0, 0.05) is 31.0 Å². The van der Waals surface area contributed by atoms with E-state index in [0.717, 1.165) is 37.9 Å². The molecule has 0 saturated heterocycles. The zero-order valence-corrected chi connectivity index (χ0v) is 15.4. The molecule has 0 amide bonds. The molecule has 0 fully saturated rings. The van der Waals surface area contributed by atoms with Crippen LogP contribution in [0, 0.1) is 57.2 Å². The monoisotopic (exact) mass is 347 g/mol. The number of hydrogen-bond acceptors (Lipinski definition) is 5. The second kappa shape index (κ2) is 6.99. The van der Waals surface area contributed by atoms with E-state index in [0.29, 0.717) is 11.6 Å². The minimum atomic E-state index is -1.43. The van der Waals surface area contributed by atoms with E-state index in [2.05, 4.69) is 55.2 Å². The van der Waals surface area contributed by atoms with Crippen LogP contribution in [-0.4, -0.2) is 24.0 Å². The summed E-state index contributed by atoms with van der Waals surface area (Å²) in [4.78, 5) is 2.34. The fourth-order valence-corrected chi connectivity index (χ4v) is 4.89. The van der Waals surface area contributed by atoms with Crippen molar-refractivity contribution in [3.8, 4) is 18.2 Å². The third-order valence-electron chi connectivity index (χ3n) is 6.31. The zero-order chi connectivity index (χ0) is 18.9. The number of nitriles is 3. The third kappa shape index (κ3) is 2.63. The first kappa shape index (κ1) is 18.2. The van der Waals surface area contributed by atoms with Gasteiger partial charge in [-0.3, -0.25) is 4.90 Å². The van der Waals surface area contributed by atoms with Crippen LogP contribution >= 0.6 is 0 Å². The van der Waals surface area contributed by atoms with Crippen molar-refractivity contribution in [1.29, 1.82) is 15.8 Å². The van der Waals surface area contributed by atoms with E-state index in [1.54, 1.807) is 0 Å². The molecule has 3 unspecified atom stereocenters. The van der Waals surface area contributed by atoms with Crippen molar-refractivity contribution >= 4 is 0 Å². The van der Waals surface area contributed by atoms with Crippen LogP contribution in [0.1, 0.15) is 33.1 Å². The molecule has 1 heterocycles. The van der Waals surface area contributed by atoms with Crippen LogP contribution < -0.4 is 5.73 Å². The van der Waals surface area contributed by atoms with Gasteiger partial charge in [-0.05, 0) is 44.6 Å². The zero-order valence-electron chi connectivity index (χ0n) is 15.4. The van der Waals surface area contributed by atoms with E-state index in [1.807, 2.05) is 0 Å². The summed E-state index contributed by atoms with van der Waals surface area (Å²) in [6, 6.07) is 7.04. The molecule has 5 heteroatoms. The van der Waals surface area contributed by atoms with E-state index in [4.69, 9.17) is 5.73 Å². The maximum Gasteiger partial charge on any atom is 0.187 e. The second-order valence-corrected chi connectivity index (χ2v) is 7.82. The Bertz CT molecular complexity index is 782. The van der Waals surface area contributed by atoms with Crippen LogP contribution in [0.5, 0.6) is 0 Å². The molecule has 3 aliphatic rings. The lowest BCUT2D eigenvalue weighted by Gasteiger charge is -2.49. The Kier molecular flexibility index (Phi) is 4.90. The maximum atomic E-state index is 10.0. The number of rotatable bonds is 2. The van der Waals surface area contributed by atoms with Gasteiger partial charge in [-0.1, -0.05) is 18.2 Å². The van der Waals surface area contributed by atoms with Crippen molar-refractivity contribution in [2.75, 3.05) is 13.1 Å². The molecule has 26 heavy (non-hydrogen) atoms. The first-order valence-electron chi connectivity index (χ1n) is 9.32. The number of nitrogens with zero attached hydrogens (tertiary/aromatic N) is 4. The number of allylic oxidation sites excluding steroid dienone is 4. The minimum absolute atomic E-state index is 0.0103. The molecule has 0 radical (unpaired) electrons. The van der Waals surface area contributed by atoms with Gasteiger partial charge in [0.15, 0.2) is 5.41 Å². The summed E-state index contributed by atoms with van der Waals surface area (Å²) in [6.07, 6.45) is 9.17. The molecule has 5 nitrogen and oxygen atoms in total. The molecule has 1 aliphatic heterocycles. The summed E-state index contributed by atoms with van der Waals surface area (Å²) in [6.45, 7) is 5.83. The van der Waals surface area contributed by atoms with Gasteiger partial charge in [-0.25, -0.2) is 0 Å². The third-order valence-corrected chi connectivity index (χ3v) is 6.31. The summed E-state index contributed by atoms with van der Waals surface area (Å²) in [5.74, 6) is 0.0230. The summed E-state index contributed by atoms with van der Waals surface area (Å²) in [5, 5.41) is 29.8. The Morgan fingerprint density at radius 1 is 1.23 bits per heavy atom. The molecule has 2 aliphatic carbocycles. The van der Waals surface area contributed by atoms with Gasteiger partial charge in [-0.2, -0.15) is 15.8 Å². The molecule has 0 spiro atoms. The van der Waals surface area contributed by atoms with Gasteiger partial charge in [-0.15, -0.1) is 0 Å². The number of nitrogens with two attached hydrogens (primary N) is 1. The Balaban J connectivity index is 2.20. The minimum Gasteiger partial charge on any atom is -0.399 e. The van der Waals surface area contributed by atoms with Crippen molar-refractivity contribution in [1.82, 2.24) is 4.90 Å². The van der Waals surface area contributed by atoms with Gasteiger partial charge in [0.1, 0.15) is 6.07 Å². The average Bonchev–Trinajstić information content (AvgIpc) is 2.67. The Labute approximate surface area is 155 Å². The van der Waals surface area contributed by atoms with Gasteiger partial charge in [0.25, 0.3) is 0 Å². The molecule has 3 rings (SSSR count). The smallest absolute Gasteiger partial charge is 0.187 e. The lowest BCUT2D eigenvalue weighted by molar-refractivity contribution is 0.0980. The Morgan fingerprint density at radius 2 is 1.96 bits per heavy atom. The standard InChI is InChI=1S/C21H25N5/c1-14(2)26-9-8-16-17(10-22)20(25)21(12-23,13-24)19(18(16)11-26)15-6-4-3-5-7-15/h3-4,8,14-15,18-19H,5-7,9,11,25H2,1-2H3. The van der Waals surface area contributed by atoms with E-state index < -0.39 is 5.41 Å². The highest BCUT2D eigenvalue weighted by molar-refractivity contribution is 5.56. The summed E-state index contributed by atoms with van der Waals surface area (Å²) < 4.78 is 0. The SMILES string of the molecule is CC(C)N1CC=C2C(C#N)=C(N)C(C#N)(C#N)C(C3CC=CCC3)C2C1. The van der Waals surface area contributed by atoms with Crippen LogP contribution in [0.4, 0.5) is 0 Å². The van der Waals surface area contributed by atoms with E-state index in [1.165, 1.54) is 0 Å². The summed E-state index contributed by atoms with van der Waals surface area (Å²) >= 11 is 0. The highest BCUT2D eigenvalue weighted by Gasteiger charge is 2.56.